The van der Waals surface area contributed by atoms with E-state index in [9.17, 15) is 4.79 Å². The predicted molar refractivity (Wildman–Crippen MR) is 135 cm³/mol. The normalized spacial score (nSPS) is 10.8. The van der Waals surface area contributed by atoms with Crippen molar-refractivity contribution >= 4 is 61.4 Å². The van der Waals surface area contributed by atoms with E-state index in [1.807, 2.05) is 37.3 Å². The van der Waals surface area contributed by atoms with Crippen molar-refractivity contribution in [1.82, 2.24) is 5.43 Å². The summed E-state index contributed by atoms with van der Waals surface area (Å²) in [6, 6.07) is 17.8. The third kappa shape index (κ3) is 7.25. The molecular formula is C23H20Br2ClN3O3. The molecule has 2 N–H and O–H groups in total. The van der Waals surface area contributed by atoms with E-state index >= 15 is 0 Å². The number of carbonyl (C=O) groups is 1. The Bertz CT molecular complexity index is 1090. The van der Waals surface area contributed by atoms with Crippen molar-refractivity contribution in [2.75, 3.05) is 11.9 Å². The number of ether oxygens (including phenoxy) is 2. The lowest BCUT2D eigenvalue weighted by molar-refractivity contribution is 0.252. The van der Waals surface area contributed by atoms with Gasteiger partial charge in [0.25, 0.3) is 0 Å². The Morgan fingerprint density at radius 1 is 1.03 bits per heavy atom. The van der Waals surface area contributed by atoms with E-state index in [1.54, 1.807) is 30.3 Å². The van der Waals surface area contributed by atoms with Crippen molar-refractivity contribution in [1.29, 1.82) is 0 Å². The standard InChI is InChI=1S/C23H20Br2ClN3O3/c1-2-31-21-11-16(13-27-29-23(30)28-19-9-7-18(26)8-10-19)20(25)12-22(21)32-14-15-3-5-17(24)6-4-15/h3-13H,2,14H2,1H3,(H2,28,29,30)/b27-13-. The number of halogens is 3. The molecule has 0 bridgehead atoms. The van der Waals surface area contributed by atoms with E-state index in [-0.39, 0.29) is 0 Å². The summed E-state index contributed by atoms with van der Waals surface area (Å²) in [4.78, 5) is 12.0. The Balaban J connectivity index is 1.65. The van der Waals surface area contributed by atoms with Crippen LogP contribution in [0.4, 0.5) is 10.5 Å². The summed E-state index contributed by atoms with van der Waals surface area (Å²) in [6.07, 6.45) is 1.52. The van der Waals surface area contributed by atoms with Crippen molar-refractivity contribution in [3.05, 3.63) is 85.8 Å². The molecule has 0 fully saturated rings. The maximum Gasteiger partial charge on any atom is 0.339 e. The van der Waals surface area contributed by atoms with Crippen LogP contribution in [-0.4, -0.2) is 18.9 Å². The minimum absolute atomic E-state index is 0.402. The molecule has 0 aromatic heterocycles. The summed E-state index contributed by atoms with van der Waals surface area (Å²) < 4.78 is 13.5. The van der Waals surface area contributed by atoms with Crippen LogP contribution in [0.3, 0.4) is 0 Å². The maximum absolute atomic E-state index is 12.0. The Labute approximate surface area is 208 Å². The fourth-order valence-electron chi connectivity index (χ4n) is 2.63. The van der Waals surface area contributed by atoms with Crippen molar-refractivity contribution in [2.24, 2.45) is 5.10 Å². The minimum atomic E-state index is -0.473. The molecule has 2 amide bonds. The topological polar surface area (TPSA) is 72.0 Å². The molecule has 0 aliphatic carbocycles. The first-order chi connectivity index (χ1) is 15.4. The van der Waals surface area contributed by atoms with E-state index in [1.165, 1.54) is 6.21 Å². The lowest BCUT2D eigenvalue weighted by atomic mass is 10.2. The first-order valence-corrected chi connectivity index (χ1v) is 11.6. The molecule has 6 nitrogen and oxygen atoms in total. The fourth-order valence-corrected chi connectivity index (χ4v) is 3.44. The zero-order valence-corrected chi connectivity index (χ0v) is 21.0. The number of hydrogen-bond acceptors (Lipinski definition) is 4. The van der Waals surface area contributed by atoms with Gasteiger partial charge < -0.3 is 14.8 Å². The number of carbonyl (C=O) groups excluding carboxylic acids is 1. The zero-order chi connectivity index (χ0) is 22.9. The fraction of sp³-hybridized carbons (Fsp3) is 0.130. The van der Waals surface area contributed by atoms with Crippen LogP contribution in [0.1, 0.15) is 18.1 Å². The number of hydrazone groups is 1. The molecule has 0 aliphatic rings. The molecule has 3 aromatic rings. The van der Waals surface area contributed by atoms with Gasteiger partial charge in [-0.2, -0.15) is 5.10 Å². The van der Waals surface area contributed by atoms with Gasteiger partial charge in [-0.25, -0.2) is 10.2 Å². The molecule has 3 aromatic carbocycles. The first-order valence-electron chi connectivity index (χ1n) is 9.64. The molecule has 0 spiro atoms. The maximum atomic E-state index is 12.0. The molecule has 0 aliphatic heterocycles. The van der Waals surface area contributed by atoms with Gasteiger partial charge in [0.05, 0.1) is 12.8 Å². The highest BCUT2D eigenvalue weighted by atomic mass is 79.9. The molecule has 0 unspecified atom stereocenters. The number of anilines is 1. The Morgan fingerprint density at radius 3 is 2.41 bits per heavy atom. The quantitative estimate of drug-likeness (QED) is 0.222. The highest BCUT2D eigenvalue weighted by Crippen LogP contribution is 2.34. The van der Waals surface area contributed by atoms with E-state index in [0.717, 1.165) is 20.1 Å². The first kappa shape index (κ1) is 24.1. The van der Waals surface area contributed by atoms with Crippen LogP contribution < -0.4 is 20.2 Å². The Morgan fingerprint density at radius 2 is 1.72 bits per heavy atom. The SMILES string of the molecule is CCOc1cc(/C=N\NC(=O)Nc2ccc(Cl)cc2)c(Br)cc1OCc1ccc(Br)cc1. The van der Waals surface area contributed by atoms with E-state index in [0.29, 0.717) is 35.4 Å². The second-order valence-electron chi connectivity index (χ2n) is 6.50. The Hall–Kier alpha value is -2.55. The largest absolute Gasteiger partial charge is 0.490 e. The van der Waals surface area contributed by atoms with Crippen LogP contribution in [0.2, 0.25) is 5.02 Å². The molecule has 0 saturated carbocycles. The smallest absolute Gasteiger partial charge is 0.339 e. The molecule has 0 saturated heterocycles. The van der Waals surface area contributed by atoms with Gasteiger partial charge >= 0.3 is 6.03 Å². The number of amides is 2. The van der Waals surface area contributed by atoms with Gasteiger partial charge in [-0.1, -0.05) is 39.7 Å². The van der Waals surface area contributed by atoms with Gasteiger partial charge in [-0.05, 0) is 76.9 Å². The molecule has 3 rings (SSSR count). The molecule has 0 radical (unpaired) electrons. The summed E-state index contributed by atoms with van der Waals surface area (Å²) in [7, 11) is 0. The zero-order valence-electron chi connectivity index (χ0n) is 17.1. The van der Waals surface area contributed by atoms with E-state index in [4.69, 9.17) is 21.1 Å². The van der Waals surface area contributed by atoms with Crippen LogP contribution in [-0.2, 0) is 6.61 Å². The van der Waals surface area contributed by atoms with E-state index in [2.05, 4.69) is 47.7 Å². The Kier molecular flexibility index (Phi) is 8.96. The lowest BCUT2D eigenvalue weighted by Crippen LogP contribution is -2.24. The summed E-state index contributed by atoms with van der Waals surface area (Å²) in [5.74, 6) is 1.19. The van der Waals surface area contributed by atoms with Crippen molar-refractivity contribution in [3.63, 3.8) is 0 Å². The van der Waals surface area contributed by atoms with Gasteiger partial charge in [0.15, 0.2) is 11.5 Å². The van der Waals surface area contributed by atoms with Crippen molar-refractivity contribution in [3.8, 4) is 11.5 Å². The van der Waals surface area contributed by atoms with Crippen LogP contribution in [0.25, 0.3) is 0 Å². The predicted octanol–water partition coefficient (Wildman–Crippen LogP) is 7.00. The van der Waals surface area contributed by atoms with Gasteiger partial charge in [0.1, 0.15) is 6.61 Å². The van der Waals surface area contributed by atoms with Crippen LogP contribution in [0.15, 0.2) is 74.7 Å². The van der Waals surface area contributed by atoms with E-state index < -0.39 is 6.03 Å². The number of nitrogens with one attached hydrogen (secondary N) is 2. The number of nitrogens with zero attached hydrogens (tertiary/aromatic N) is 1. The van der Waals surface area contributed by atoms with Crippen LogP contribution in [0.5, 0.6) is 11.5 Å². The lowest BCUT2D eigenvalue weighted by Gasteiger charge is -2.14. The number of urea groups is 1. The van der Waals surface area contributed by atoms with Crippen LogP contribution in [0, 0.1) is 0 Å². The number of rotatable bonds is 8. The van der Waals surface area contributed by atoms with Gasteiger partial charge in [0, 0.05) is 25.2 Å². The van der Waals surface area contributed by atoms with Gasteiger partial charge in [-0.15, -0.1) is 0 Å². The van der Waals surface area contributed by atoms with Gasteiger partial charge in [-0.3, -0.25) is 0 Å². The van der Waals surface area contributed by atoms with Crippen LogP contribution >= 0.6 is 43.5 Å². The second kappa shape index (κ2) is 11.9. The van der Waals surface area contributed by atoms with Gasteiger partial charge in [0.2, 0.25) is 0 Å². The summed E-state index contributed by atoms with van der Waals surface area (Å²) in [5.41, 5.74) is 4.79. The average molecular weight is 582 g/mol. The summed E-state index contributed by atoms with van der Waals surface area (Å²) in [6.45, 7) is 2.78. The molecular weight excluding hydrogens is 562 g/mol. The van der Waals surface area contributed by atoms with Crippen molar-refractivity contribution in [2.45, 2.75) is 13.5 Å². The second-order valence-corrected chi connectivity index (χ2v) is 8.71. The number of hydrogen-bond donors (Lipinski definition) is 2. The molecule has 9 heteroatoms. The average Bonchev–Trinajstić information content (AvgIpc) is 2.77. The molecule has 32 heavy (non-hydrogen) atoms. The third-order valence-electron chi connectivity index (χ3n) is 4.14. The third-order valence-corrected chi connectivity index (χ3v) is 5.61. The van der Waals surface area contributed by atoms with Crippen molar-refractivity contribution < 1.29 is 14.3 Å². The highest BCUT2D eigenvalue weighted by molar-refractivity contribution is 9.10. The molecule has 166 valence electrons. The molecule has 0 atom stereocenters. The highest BCUT2D eigenvalue weighted by Gasteiger charge is 2.11. The monoisotopic (exact) mass is 579 g/mol. The minimum Gasteiger partial charge on any atom is -0.490 e. The molecule has 0 heterocycles. The summed E-state index contributed by atoms with van der Waals surface area (Å²) >= 11 is 12.8. The summed E-state index contributed by atoms with van der Waals surface area (Å²) in [5, 5.41) is 7.26. The number of benzene rings is 3.